The fourth-order valence-corrected chi connectivity index (χ4v) is 1.93. The first-order chi connectivity index (χ1) is 7.49. The molecule has 1 N–H and O–H groups in total. The molecule has 0 aromatic carbocycles. The van der Waals surface area contributed by atoms with Gasteiger partial charge in [-0.25, -0.2) is 0 Å². The van der Waals surface area contributed by atoms with Crippen molar-refractivity contribution in [3.05, 3.63) is 30.1 Å². The zero-order valence-electron chi connectivity index (χ0n) is 11.4. The van der Waals surface area contributed by atoms with Gasteiger partial charge in [-0.15, -0.1) is 0 Å². The molecule has 92 valence electrons. The van der Waals surface area contributed by atoms with Gasteiger partial charge in [0.05, 0.1) is 5.60 Å². The highest BCUT2D eigenvalue weighted by Crippen LogP contribution is 2.35. The molecule has 2 nitrogen and oxygen atoms in total. The Morgan fingerprint density at radius 2 is 1.62 bits per heavy atom. The summed E-state index contributed by atoms with van der Waals surface area (Å²) in [5.41, 5.74) is 0.138. The second-order valence-electron chi connectivity index (χ2n) is 4.38. The summed E-state index contributed by atoms with van der Waals surface area (Å²) in [5, 5.41) is 10.6. The maximum atomic E-state index is 10.6. The first-order valence-electron chi connectivity index (χ1n) is 6.12. The Morgan fingerprint density at radius 3 is 1.94 bits per heavy atom. The summed E-state index contributed by atoms with van der Waals surface area (Å²) in [6.45, 7) is 12.1. The normalized spacial score (nSPS) is 11.3. The summed E-state index contributed by atoms with van der Waals surface area (Å²) >= 11 is 0. The number of aliphatic hydroxyl groups is 1. The Kier molecular flexibility index (Phi) is 6.27. The van der Waals surface area contributed by atoms with E-state index in [1.807, 2.05) is 53.7 Å². The lowest BCUT2D eigenvalue weighted by molar-refractivity contribution is -0.0533. The van der Waals surface area contributed by atoms with E-state index < -0.39 is 5.60 Å². The van der Waals surface area contributed by atoms with Crippen molar-refractivity contribution in [1.82, 2.24) is 4.98 Å². The molecule has 1 heterocycles. The molecule has 0 saturated heterocycles. The van der Waals surface area contributed by atoms with Gasteiger partial charge in [0, 0.05) is 18.0 Å². The van der Waals surface area contributed by atoms with Crippen molar-refractivity contribution in [1.29, 1.82) is 0 Å². The van der Waals surface area contributed by atoms with Gasteiger partial charge >= 0.3 is 0 Å². The van der Waals surface area contributed by atoms with Gasteiger partial charge in [0.2, 0.25) is 0 Å². The number of nitrogens with zero attached hydrogens (tertiary/aromatic N) is 1. The van der Waals surface area contributed by atoms with Crippen LogP contribution in [-0.4, -0.2) is 10.1 Å². The Labute approximate surface area is 99.7 Å². The molecule has 0 aliphatic heterocycles. The first-order valence-corrected chi connectivity index (χ1v) is 6.12. The highest BCUT2D eigenvalue weighted by molar-refractivity contribution is 5.19. The van der Waals surface area contributed by atoms with Crippen molar-refractivity contribution in [2.45, 2.75) is 47.1 Å². The minimum absolute atomic E-state index is 0.187. The van der Waals surface area contributed by atoms with Gasteiger partial charge in [0.1, 0.15) is 0 Å². The summed E-state index contributed by atoms with van der Waals surface area (Å²) in [5.74, 6) is 0.374. The Balaban J connectivity index is 0.00000106. The van der Waals surface area contributed by atoms with Crippen LogP contribution in [0.15, 0.2) is 24.5 Å². The van der Waals surface area contributed by atoms with Crippen LogP contribution in [-0.2, 0) is 5.60 Å². The molecule has 0 aliphatic carbocycles. The van der Waals surface area contributed by atoms with E-state index in [0.29, 0.717) is 0 Å². The zero-order valence-corrected chi connectivity index (χ0v) is 11.4. The number of hydrogen-bond donors (Lipinski definition) is 1. The minimum Gasteiger partial charge on any atom is -0.385 e. The molecule has 0 radical (unpaired) electrons. The van der Waals surface area contributed by atoms with Crippen LogP contribution in [0.2, 0.25) is 0 Å². The quantitative estimate of drug-likeness (QED) is 0.849. The molecule has 0 aliphatic rings. The highest BCUT2D eigenvalue weighted by Gasteiger charge is 2.36. The lowest BCUT2D eigenvalue weighted by Gasteiger charge is -2.36. The van der Waals surface area contributed by atoms with E-state index in [2.05, 4.69) is 4.98 Å². The van der Waals surface area contributed by atoms with E-state index in [1.165, 1.54) is 0 Å². The van der Waals surface area contributed by atoms with E-state index in [9.17, 15) is 5.11 Å². The van der Waals surface area contributed by atoms with E-state index in [4.69, 9.17) is 0 Å². The van der Waals surface area contributed by atoms with Gasteiger partial charge < -0.3 is 5.11 Å². The van der Waals surface area contributed by atoms with Gasteiger partial charge in [-0.2, -0.15) is 0 Å². The van der Waals surface area contributed by atoms with Crippen LogP contribution < -0.4 is 0 Å². The predicted molar refractivity (Wildman–Crippen MR) is 69.2 cm³/mol. The smallest absolute Gasteiger partial charge is 0.0956 e. The maximum absolute atomic E-state index is 10.6. The van der Waals surface area contributed by atoms with E-state index in [-0.39, 0.29) is 11.8 Å². The van der Waals surface area contributed by atoms with Gasteiger partial charge in [0.25, 0.3) is 0 Å². The van der Waals surface area contributed by atoms with Crippen molar-refractivity contribution in [3.63, 3.8) is 0 Å². The molecule has 2 heteroatoms. The second kappa shape index (κ2) is 6.64. The average Bonchev–Trinajstić information content (AvgIpc) is 2.31. The van der Waals surface area contributed by atoms with E-state index >= 15 is 0 Å². The van der Waals surface area contributed by atoms with Crippen LogP contribution in [0, 0.1) is 11.8 Å². The molecule has 0 saturated carbocycles. The lowest BCUT2D eigenvalue weighted by Crippen LogP contribution is -2.37. The predicted octanol–water partition coefficient (Wildman–Crippen LogP) is 3.61. The summed E-state index contributed by atoms with van der Waals surface area (Å²) in [7, 11) is 0. The molecule has 1 aromatic rings. The largest absolute Gasteiger partial charge is 0.385 e. The molecule has 0 amide bonds. The third kappa shape index (κ3) is 3.05. The van der Waals surface area contributed by atoms with Gasteiger partial charge in [0.15, 0.2) is 0 Å². The molecular weight excluding hydrogens is 198 g/mol. The van der Waals surface area contributed by atoms with Crippen molar-refractivity contribution >= 4 is 0 Å². The standard InChI is InChI=1S/C12H19NO.C2H6/c1-9(2)12(14,10(3)4)11-6-5-7-13-8-11;1-2/h5-10,14H,1-4H3;1-2H3. The van der Waals surface area contributed by atoms with Crippen LogP contribution >= 0.6 is 0 Å². The fraction of sp³-hybridized carbons (Fsp3) is 0.643. The SMILES string of the molecule is CC.CC(C)C(O)(c1cccnc1)C(C)C. The van der Waals surface area contributed by atoms with Gasteiger partial charge in [-0.3, -0.25) is 4.98 Å². The molecule has 16 heavy (non-hydrogen) atoms. The Hall–Kier alpha value is -0.890. The number of aromatic nitrogens is 1. The molecule has 0 bridgehead atoms. The van der Waals surface area contributed by atoms with Crippen LogP contribution in [0.25, 0.3) is 0 Å². The Bertz CT molecular complexity index is 272. The van der Waals surface area contributed by atoms with Crippen LogP contribution in [0.5, 0.6) is 0 Å². The molecule has 0 atom stereocenters. The number of pyridine rings is 1. The fourth-order valence-electron chi connectivity index (χ4n) is 1.93. The monoisotopic (exact) mass is 223 g/mol. The third-order valence-corrected chi connectivity index (χ3v) is 2.88. The van der Waals surface area contributed by atoms with Crippen LogP contribution in [0.3, 0.4) is 0 Å². The summed E-state index contributed by atoms with van der Waals surface area (Å²) in [4.78, 5) is 4.06. The zero-order chi connectivity index (χ0) is 12.8. The average molecular weight is 223 g/mol. The topological polar surface area (TPSA) is 33.1 Å². The molecular formula is C14H25NO. The maximum Gasteiger partial charge on any atom is 0.0956 e. The van der Waals surface area contributed by atoms with Gasteiger partial charge in [-0.1, -0.05) is 47.6 Å². The van der Waals surface area contributed by atoms with E-state index in [1.54, 1.807) is 12.4 Å². The lowest BCUT2D eigenvalue weighted by atomic mass is 9.76. The second-order valence-corrected chi connectivity index (χ2v) is 4.38. The Morgan fingerprint density at radius 1 is 1.12 bits per heavy atom. The number of rotatable bonds is 3. The van der Waals surface area contributed by atoms with Crippen molar-refractivity contribution in [3.8, 4) is 0 Å². The first kappa shape index (κ1) is 15.1. The molecule has 1 rings (SSSR count). The molecule has 0 fully saturated rings. The molecule has 1 aromatic heterocycles. The van der Waals surface area contributed by atoms with Crippen LogP contribution in [0.4, 0.5) is 0 Å². The summed E-state index contributed by atoms with van der Waals surface area (Å²) in [6.07, 6.45) is 3.48. The van der Waals surface area contributed by atoms with Crippen molar-refractivity contribution in [2.24, 2.45) is 11.8 Å². The minimum atomic E-state index is -0.770. The van der Waals surface area contributed by atoms with E-state index in [0.717, 1.165) is 5.56 Å². The van der Waals surface area contributed by atoms with Crippen molar-refractivity contribution < 1.29 is 5.11 Å². The van der Waals surface area contributed by atoms with Gasteiger partial charge in [-0.05, 0) is 17.9 Å². The molecule has 0 spiro atoms. The summed E-state index contributed by atoms with van der Waals surface area (Å²) < 4.78 is 0. The highest BCUT2D eigenvalue weighted by atomic mass is 16.3. The summed E-state index contributed by atoms with van der Waals surface area (Å²) in [6, 6.07) is 3.80. The number of hydrogen-bond acceptors (Lipinski definition) is 2. The van der Waals surface area contributed by atoms with Crippen molar-refractivity contribution in [2.75, 3.05) is 0 Å². The molecule has 0 unspecified atom stereocenters. The van der Waals surface area contributed by atoms with Crippen LogP contribution in [0.1, 0.15) is 47.1 Å². The third-order valence-electron chi connectivity index (χ3n) is 2.88.